The molecule has 0 aliphatic carbocycles. The van der Waals surface area contributed by atoms with E-state index in [1.54, 1.807) is 6.20 Å². The molecule has 5 heteroatoms. The smallest absolute Gasteiger partial charge is 0.181 e. The molecule has 19 heavy (non-hydrogen) atoms. The van der Waals surface area contributed by atoms with E-state index in [2.05, 4.69) is 36.2 Å². The third-order valence-corrected chi connectivity index (χ3v) is 3.41. The minimum Gasteiger partial charge on any atom is -0.373 e. The Balaban J connectivity index is 2.20. The van der Waals surface area contributed by atoms with Gasteiger partial charge >= 0.3 is 0 Å². The minimum atomic E-state index is 0.601. The third kappa shape index (κ3) is 2.29. The second kappa shape index (κ2) is 4.93. The number of benzene rings is 1. The number of anilines is 1. The van der Waals surface area contributed by atoms with Crippen LogP contribution in [0, 0.1) is 0 Å². The topological polar surface area (TPSA) is 50.7 Å². The fourth-order valence-electron chi connectivity index (χ4n) is 1.86. The predicted octanol–water partition coefficient (Wildman–Crippen LogP) is 3.50. The van der Waals surface area contributed by atoms with Crippen LogP contribution in [0.5, 0.6) is 0 Å². The summed E-state index contributed by atoms with van der Waals surface area (Å²) in [4.78, 5) is 13.3. The number of halogens is 1. The number of nitrogens with one attached hydrogen (secondary N) is 1. The number of nitrogens with zero attached hydrogens (tertiary/aromatic N) is 3. The van der Waals surface area contributed by atoms with Crippen molar-refractivity contribution in [3.63, 3.8) is 0 Å². The van der Waals surface area contributed by atoms with Gasteiger partial charge in [-0.1, -0.05) is 18.2 Å². The van der Waals surface area contributed by atoms with Gasteiger partial charge in [0.1, 0.15) is 11.5 Å². The van der Waals surface area contributed by atoms with Gasteiger partial charge in [-0.2, -0.15) is 0 Å². The number of para-hydroxylation sites is 1. The zero-order valence-electron chi connectivity index (χ0n) is 10.3. The SMILES string of the molecule is CNc1ccnc(-c2nc3ccccc3cc2Br)n1. The van der Waals surface area contributed by atoms with E-state index in [4.69, 9.17) is 0 Å². The van der Waals surface area contributed by atoms with Crippen molar-refractivity contribution in [1.29, 1.82) is 0 Å². The normalized spacial score (nSPS) is 10.6. The molecule has 3 aromatic rings. The quantitative estimate of drug-likeness (QED) is 0.786. The van der Waals surface area contributed by atoms with Crippen molar-refractivity contribution >= 4 is 32.7 Å². The van der Waals surface area contributed by atoms with Crippen LogP contribution in [0.2, 0.25) is 0 Å². The Labute approximate surface area is 119 Å². The maximum Gasteiger partial charge on any atom is 0.181 e. The van der Waals surface area contributed by atoms with E-state index in [0.29, 0.717) is 5.82 Å². The first-order valence-corrected chi connectivity index (χ1v) is 6.63. The van der Waals surface area contributed by atoms with Gasteiger partial charge in [0.2, 0.25) is 0 Å². The summed E-state index contributed by atoms with van der Waals surface area (Å²) in [5, 5.41) is 4.09. The second-order valence-corrected chi connectivity index (χ2v) is 4.88. The number of hydrogen-bond donors (Lipinski definition) is 1. The predicted molar refractivity (Wildman–Crippen MR) is 80.0 cm³/mol. The van der Waals surface area contributed by atoms with Gasteiger partial charge in [0.25, 0.3) is 0 Å². The number of fused-ring (bicyclic) bond motifs is 1. The monoisotopic (exact) mass is 314 g/mol. The third-order valence-electron chi connectivity index (χ3n) is 2.80. The molecule has 0 saturated heterocycles. The van der Waals surface area contributed by atoms with Crippen LogP contribution in [0.25, 0.3) is 22.4 Å². The largest absolute Gasteiger partial charge is 0.373 e. The number of rotatable bonds is 2. The maximum atomic E-state index is 4.62. The Morgan fingerprint density at radius 3 is 2.79 bits per heavy atom. The number of hydrogen-bond acceptors (Lipinski definition) is 4. The van der Waals surface area contributed by atoms with E-state index >= 15 is 0 Å². The zero-order valence-corrected chi connectivity index (χ0v) is 11.8. The first-order valence-electron chi connectivity index (χ1n) is 5.84. The van der Waals surface area contributed by atoms with Gasteiger partial charge in [0, 0.05) is 23.1 Å². The molecule has 0 unspecified atom stereocenters. The lowest BCUT2D eigenvalue weighted by Gasteiger charge is -2.06. The summed E-state index contributed by atoms with van der Waals surface area (Å²) in [5.41, 5.74) is 1.68. The van der Waals surface area contributed by atoms with Crippen molar-refractivity contribution in [3.8, 4) is 11.5 Å². The summed E-state index contributed by atoms with van der Waals surface area (Å²) in [5.74, 6) is 1.37. The number of aromatic nitrogens is 3. The van der Waals surface area contributed by atoms with Crippen LogP contribution in [-0.2, 0) is 0 Å². The zero-order chi connectivity index (χ0) is 13.2. The van der Waals surface area contributed by atoms with E-state index in [0.717, 1.165) is 26.9 Å². The average Bonchev–Trinajstić information content (AvgIpc) is 2.46. The summed E-state index contributed by atoms with van der Waals surface area (Å²) in [7, 11) is 1.83. The van der Waals surface area contributed by atoms with Crippen molar-refractivity contribution in [2.75, 3.05) is 12.4 Å². The highest BCUT2D eigenvalue weighted by Gasteiger charge is 2.10. The van der Waals surface area contributed by atoms with Gasteiger partial charge in [-0.15, -0.1) is 0 Å². The Morgan fingerprint density at radius 2 is 1.95 bits per heavy atom. The molecule has 1 aromatic carbocycles. The first-order chi connectivity index (χ1) is 9.28. The molecule has 1 N–H and O–H groups in total. The van der Waals surface area contributed by atoms with Crippen molar-refractivity contribution in [2.24, 2.45) is 0 Å². The molecule has 0 amide bonds. The van der Waals surface area contributed by atoms with Crippen LogP contribution in [0.15, 0.2) is 47.1 Å². The molecule has 0 atom stereocenters. The molecule has 94 valence electrons. The first kappa shape index (κ1) is 12.0. The average molecular weight is 315 g/mol. The molecule has 0 fully saturated rings. The molecule has 4 nitrogen and oxygen atoms in total. The van der Waals surface area contributed by atoms with Crippen LogP contribution in [0.1, 0.15) is 0 Å². The van der Waals surface area contributed by atoms with Gasteiger partial charge in [-0.05, 0) is 34.1 Å². The van der Waals surface area contributed by atoms with Gasteiger partial charge in [0.15, 0.2) is 5.82 Å². The van der Waals surface area contributed by atoms with E-state index in [9.17, 15) is 0 Å². The molecule has 0 aliphatic heterocycles. The lowest BCUT2D eigenvalue weighted by Crippen LogP contribution is -1.98. The number of pyridine rings is 1. The van der Waals surface area contributed by atoms with E-state index < -0.39 is 0 Å². The van der Waals surface area contributed by atoms with Crippen molar-refractivity contribution < 1.29 is 0 Å². The fourth-order valence-corrected chi connectivity index (χ4v) is 2.37. The maximum absolute atomic E-state index is 4.62. The van der Waals surface area contributed by atoms with Crippen LogP contribution in [0.3, 0.4) is 0 Å². The molecule has 0 spiro atoms. The highest BCUT2D eigenvalue weighted by Crippen LogP contribution is 2.27. The molecular weight excluding hydrogens is 304 g/mol. The Kier molecular flexibility index (Phi) is 3.13. The van der Waals surface area contributed by atoms with Crippen LogP contribution >= 0.6 is 15.9 Å². The van der Waals surface area contributed by atoms with Gasteiger partial charge in [-0.3, -0.25) is 0 Å². The summed E-state index contributed by atoms with van der Waals surface area (Å²) >= 11 is 3.54. The molecule has 3 rings (SSSR count). The van der Waals surface area contributed by atoms with Crippen molar-refractivity contribution in [2.45, 2.75) is 0 Å². The molecule has 0 bridgehead atoms. The summed E-state index contributed by atoms with van der Waals surface area (Å²) < 4.78 is 0.888. The van der Waals surface area contributed by atoms with Gasteiger partial charge in [0.05, 0.1) is 5.52 Å². The Hall–Kier alpha value is -2.01. The van der Waals surface area contributed by atoms with E-state index in [1.807, 2.05) is 43.4 Å². The highest BCUT2D eigenvalue weighted by molar-refractivity contribution is 9.10. The van der Waals surface area contributed by atoms with E-state index in [1.165, 1.54) is 0 Å². The molecular formula is C14H11BrN4. The van der Waals surface area contributed by atoms with Crippen molar-refractivity contribution in [3.05, 3.63) is 47.1 Å². The summed E-state index contributed by atoms with van der Waals surface area (Å²) in [6.45, 7) is 0. The lowest BCUT2D eigenvalue weighted by atomic mass is 10.2. The van der Waals surface area contributed by atoms with Crippen LogP contribution in [-0.4, -0.2) is 22.0 Å². The molecule has 2 heterocycles. The van der Waals surface area contributed by atoms with Gasteiger partial charge < -0.3 is 5.32 Å². The molecule has 0 radical (unpaired) electrons. The summed E-state index contributed by atoms with van der Waals surface area (Å²) in [6, 6.07) is 11.8. The highest BCUT2D eigenvalue weighted by atomic mass is 79.9. The summed E-state index contributed by atoms with van der Waals surface area (Å²) in [6.07, 6.45) is 1.72. The van der Waals surface area contributed by atoms with Gasteiger partial charge in [-0.25, -0.2) is 15.0 Å². The lowest BCUT2D eigenvalue weighted by molar-refractivity contribution is 1.14. The molecule has 2 aromatic heterocycles. The molecule has 0 aliphatic rings. The minimum absolute atomic E-state index is 0.601. The Morgan fingerprint density at radius 1 is 1.11 bits per heavy atom. The Bertz CT molecular complexity index is 742. The second-order valence-electron chi connectivity index (χ2n) is 4.03. The van der Waals surface area contributed by atoms with E-state index in [-0.39, 0.29) is 0 Å². The standard InChI is InChI=1S/C14H11BrN4/c1-16-12-6-7-17-14(19-12)13-10(15)8-9-4-2-3-5-11(9)18-13/h2-8H,1H3,(H,16,17,19). The van der Waals surface area contributed by atoms with Crippen LogP contribution in [0.4, 0.5) is 5.82 Å². The fraction of sp³-hybridized carbons (Fsp3) is 0.0714. The van der Waals surface area contributed by atoms with Crippen molar-refractivity contribution in [1.82, 2.24) is 15.0 Å². The molecule has 0 saturated carbocycles. The van der Waals surface area contributed by atoms with Crippen LogP contribution < -0.4 is 5.32 Å².